The first-order chi connectivity index (χ1) is 12.1. The molecule has 1 saturated heterocycles. The highest BCUT2D eigenvalue weighted by molar-refractivity contribution is 5.85. The van der Waals surface area contributed by atoms with Gasteiger partial charge in [-0.25, -0.2) is 4.98 Å². The first kappa shape index (κ1) is 23.5. The van der Waals surface area contributed by atoms with Crippen molar-refractivity contribution in [1.82, 2.24) is 9.88 Å². The Morgan fingerprint density at radius 1 is 1.30 bits per heavy atom. The first-order valence-corrected chi connectivity index (χ1v) is 9.13. The van der Waals surface area contributed by atoms with E-state index in [1.54, 1.807) is 0 Å². The summed E-state index contributed by atoms with van der Waals surface area (Å²) in [6, 6.07) is 10.1. The number of amides is 1. The lowest BCUT2D eigenvalue weighted by Crippen LogP contribution is -2.51. The molecule has 1 aromatic carbocycles. The minimum absolute atomic E-state index is 0. The number of halogens is 2. The molecule has 7 heteroatoms. The highest BCUT2D eigenvalue weighted by Crippen LogP contribution is 2.25. The summed E-state index contributed by atoms with van der Waals surface area (Å²) < 4.78 is 5.91. The van der Waals surface area contributed by atoms with Gasteiger partial charge in [0.25, 0.3) is 0 Å². The van der Waals surface area contributed by atoms with E-state index in [9.17, 15) is 4.79 Å². The summed E-state index contributed by atoms with van der Waals surface area (Å²) in [5.74, 6) is 1.56. The molecule has 1 aliphatic rings. The van der Waals surface area contributed by atoms with Gasteiger partial charge in [0.05, 0.1) is 5.69 Å². The van der Waals surface area contributed by atoms with E-state index in [1.165, 1.54) is 0 Å². The Morgan fingerprint density at radius 3 is 2.67 bits per heavy atom. The minimum atomic E-state index is 0. The van der Waals surface area contributed by atoms with E-state index >= 15 is 0 Å². The fourth-order valence-corrected chi connectivity index (χ4v) is 3.59. The van der Waals surface area contributed by atoms with E-state index in [4.69, 9.17) is 10.2 Å². The lowest BCUT2D eigenvalue weighted by molar-refractivity contribution is -0.135. The van der Waals surface area contributed by atoms with Gasteiger partial charge in [0.15, 0.2) is 11.7 Å². The van der Waals surface area contributed by atoms with Crippen LogP contribution < -0.4 is 5.73 Å². The third-order valence-corrected chi connectivity index (χ3v) is 4.91. The number of oxazole rings is 1. The number of aryl methyl sites for hydroxylation is 2. The Bertz CT molecular complexity index is 719. The molecule has 0 spiro atoms. The number of hydrogen-bond acceptors (Lipinski definition) is 4. The lowest BCUT2D eigenvalue weighted by Gasteiger charge is -2.38. The van der Waals surface area contributed by atoms with Crippen LogP contribution in [0.25, 0.3) is 11.3 Å². The van der Waals surface area contributed by atoms with Crippen molar-refractivity contribution in [3.63, 3.8) is 0 Å². The van der Waals surface area contributed by atoms with Gasteiger partial charge in [-0.2, -0.15) is 0 Å². The van der Waals surface area contributed by atoms with E-state index < -0.39 is 0 Å². The fraction of sp³-hybridized carbons (Fsp3) is 0.500. The molecule has 3 rings (SSSR count). The van der Waals surface area contributed by atoms with Crippen LogP contribution in [0.2, 0.25) is 0 Å². The highest BCUT2D eigenvalue weighted by Gasteiger charge is 2.29. The number of piperidine rings is 1. The zero-order chi connectivity index (χ0) is 17.8. The second-order valence-corrected chi connectivity index (χ2v) is 6.90. The van der Waals surface area contributed by atoms with Gasteiger partial charge in [-0.15, -0.1) is 24.8 Å². The number of hydrogen-bond donors (Lipinski definition) is 1. The van der Waals surface area contributed by atoms with Crippen LogP contribution in [-0.2, 0) is 11.2 Å². The highest BCUT2D eigenvalue weighted by atomic mass is 35.5. The molecule has 0 saturated carbocycles. The zero-order valence-corrected chi connectivity index (χ0v) is 17.5. The van der Waals surface area contributed by atoms with Crippen LogP contribution >= 0.6 is 24.8 Å². The Labute approximate surface area is 173 Å². The second-order valence-electron chi connectivity index (χ2n) is 6.90. The summed E-state index contributed by atoms with van der Waals surface area (Å²) in [6.45, 7) is 4.73. The predicted octanol–water partition coefficient (Wildman–Crippen LogP) is 4.15. The predicted molar refractivity (Wildman–Crippen MR) is 112 cm³/mol. The summed E-state index contributed by atoms with van der Waals surface area (Å²) in [5.41, 5.74) is 7.94. The molecule has 0 bridgehead atoms. The van der Waals surface area contributed by atoms with E-state index in [0.29, 0.717) is 18.7 Å². The van der Waals surface area contributed by atoms with Crippen LogP contribution in [0.1, 0.15) is 44.2 Å². The van der Waals surface area contributed by atoms with E-state index in [-0.39, 0.29) is 42.8 Å². The number of benzene rings is 1. The molecule has 1 amide bonds. The number of rotatable bonds is 5. The maximum Gasteiger partial charge on any atom is 0.223 e. The third kappa shape index (κ3) is 5.71. The monoisotopic (exact) mass is 413 g/mol. The smallest absolute Gasteiger partial charge is 0.223 e. The summed E-state index contributed by atoms with van der Waals surface area (Å²) in [6.07, 6.45) is 4.15. The minimum Gasteiger partial charge on any atom is -0.440 e. The molecule has 2 atom stereocenters. The Hall–Kier alpha value is -1.56. The molecule has 150 valence electrons. The zero-order valence-electron chi connectivity index (χ0n) is 15.9. The fourth-order valence-electron chi connectivity index (χ4n) is 3.59. The van der Waals surface area contributed by atoms with Crippen molar-refractivity contribution in [3.8, 4) is 11.3 Å². The summed E-state index contributed by atoms with van der Waals surface area (Å²) in [7, 11) is 0. The normalized spacial score (nSPS) is 17.6. The van der Waals surface area contributed by atoms with E-state index in [2.05, 4.69) is 4.98 Å². The Balaban J connectivity index is 0.00000182. The number of carbonyl (C=O) groups is 1. The van der Waals surface area contributed by atoms with Gasteiger partial charge in [0.1, 0.15) is 0 Å². The maximum absolute atomic E-state index is 12.6. The quantitative estimate of drug-likeness (QED) is 0.798. The Kier molecular flexibility index (Phi) is 9.30. The Morgan fingerprint density at radius 2 is 2.00 bits per heavy atom. The molecule has 2 unspecified atom stereocenters. The van der Waals surface area contributed by atoms with Crippen LogP contribution in [0.3, 0.4) is 0 Å². The molecule has 2 heterocycles. The number of aromatic nitrogens is 1. The van der Waals surface area contributed by atoms with Crippen molar-refractivity contribution >= 4 is 30.7 Å². The average Bonchev–Trinajstić information content (AvgIpc) is 3.01. The van der Waals surface area contributed by atoms with Gasteiger partial charge in [0, 0.05) is 37.0 Å². The molecular weight excluding hydrogens is 385 g/mol. The van der Waals surface area contributed by atoms with Crippen molar-refractivity contribution in [2.75, 3.05) is 6.54 Å². The molecule has 0 radical (unpaired) electrons. The molecule has 2 aromatic rings. The SMILES string of the molecule is Cc1nc(CCC(=O)N2CCCCC2C(C)N)oc1-c1ccccc1.Cl.Cl. The van der Waals surface area contributed by atoms with Gasteiger partial charge in [-0.1, -0.05) is 30.3 Å². The molecule has 27 heavy (non-hydrogen) atoms. The number of likely N-dealkylation sites (tertiary alicyclic amines) is 1. The van der Waals surface area contributed by atoms with Crippen molar-refractivity contribution in [1.29, 1.82) is 0 Å². The van der Waals surface area contributed by atoms with Gasteiger partial charge in [-0.3, -0.25) is 4.79 Å². The van der Waals surface area contributed by atoms with E-state index in [0.717, 1.165) is 42.8 Å². The van der Waals surface area contributed by atoms with E-state index in [1.807, 2.05) is 49.1 Å². The van der Waals surface area contributed by atoms with Crippen molar-refractivity contribution < 1.29 is 9.21 Å². The van der Waals surface area contributed by atoms with Gasteiger partial charge in [0.2, 0.25) is 5.91 Å². The van der Waals surface area contributed by atoms with Crippen LogP contribution in [0.4, 0.5) is 0 Å². The lowest BCUT2D eigenvalue weighted by atomic mass is 9.96. The molecular formula is C20H29Cl2N3O2. The van der Waals surface area contributed by atoms with Crippen LogP contribution in [0.15, 0.2) is 34.7 Å². The molecule has 1 fully saturated rings. The maximum atomic E-state index is 12.6. The van der Waals surface area contributed by atoms with Crippen LogP contribution in [0.5, 0.6) is 0 Å². The molecule has 1 aliphatic heterocycles. The number of nitrogens with two attached hydrogens (primary N) is 1. The van der Waals surface area contributed by atoms with Gasteiger partial charge < -0.3 is 15.1 Å². The van der Waals surface area contributed by atoms with Gasteiger partial charge >= 0.3 is 0 Å². The number of carbonyl (C=O) groups excluding carboxylic acids is 1. The molecule has 0 aliphatic carbocycles. The van der Waals surface area contributed by atoms with Gasteiger partial charge in [-0.05, 0) is 33.1 Å². The van der Waals surface area contributed by atoms with Crippen LogP contribution in [0, 0.1) is 6.92 Å². The first-order valence-electron chi connectivity index (χ1n) is 9.13. The summed E-state index contributed by atoms with van der Waals surface area (Å²) >= 11 is 0. The molecule has 1 aromatic heterocycles. The summed E-state index contributed by atoms with van der Waals surface area (Å²) in [4.78, 5) is 19.1. The topological polar surface area (TPSA) is 72.4 Å². The largest absolute Gasteiger partial charge is 0.440 e. The van der Waals surface area contributed by atoms with Crippen molar-refractivity contribution in [3.05, 3.63) is 41.9 Å². The second kappa shape index (κ2) is 10.7. The third-order valence-electron chi connectivity index (χ3n) is 4.91. The van der Waals surface area contributed by atoms with Crippen molar-refractivity contribution in [2.45, 2.75) is 58.0 Å². The summed E-state index contributed by atoms with van der Waals surface area (Å²) in [5, 5.41) is 0. The average molecular weight is 414 g/mol. The molecule has 5 nitrogen and oxygen atoms in total. The standard InChI is InChI=1S/C20H27N3O2.2ClH/c1-14(21)17-10-6-7-13-23(17)19(24)12-11-18-22-15(2)20(25-18)16-8-4-3-5-9-16;;/h3-5,8-9,14,17H,6-7,10-13,21H2,1-2H3;2*1H. The van der Waals surface area contributed by atoms with Crippen LogP contribution in [-0.4, -0.2) is 34.4 Å². The van der Waals surface area contributed by atoms with Crippen molar-refractivity contribution in [2.24, 2.45) is 5.73 Å². The number of nitrogens with zero attached hydrogens (tertiary/aromatic N) is 2. The molecule has 2 N–H and O–H groups in total.